The fraction of sp³-hybridized carbons (Fsp3) is 0.200. The van der Waals surface area contributed by atoms with Crippen LogP contribution in [0.15, 0.2) is 66.9 Å². The van der Waals surface area contributed by atoms with E-state index in [9.17, 15) is 22.8 Å². The molecule has 1 aliphatic carbocycles. The van der Waals surface area contributed by atoms with E-state index in [1.54, 1.807) is 0 Å². The zero-order valence-electron chi connectivity index (χ0n) is 15.4. The van der Waals surface area contributed by atoms with E-state index in [1.807, 2.05) is 24.3 Å². The van der Waals surface area contributed by atoms with Crippen LogP contribution >= 0.6 is 0 Å². The molecule has 0 saturated carbocycles. The van der Waals surface area contributed by atoms with Crippen LogP contribution in [0.2, 0.25) is 0 Å². The second kappa shape index (κ2) is 8.97. The highest BCUT2D eigenvalue weighted by molar-refractivity contribution is 7.91. The third kappa shape index (κ3) is 5.97. The molecule has 2 aromatic rings. The van der Waals surface area contributed by atoms with E-state index in [0.717, 1.165) is 0 Å². The molecule has 0 saturated heterocycles. The molecule has 1 aliphatic rings. The maximum Gasteiger partial charge on any atom is 0.295 e. The first-order chi connectivity index (χ1) is 13.8. The highest BCUT2D eigenvalue weighted by Crippen LogP contribution is 2.17. The predicted octanol–water partition coefficient (Wildman–Crippen LogP) is 3.13. The summed E-state index contributed by atoms with van der Waals surface area (Å²) in [4.78, 5) is 16.3. The number of sulfonamides is 1. The fourth-order valence-electron chi connectivity index (χ4n) is 2.83. The summed E-state index contributed by atoms with van der Waals surface area (Å²) in [6, 6.07) is 7.78. The third-order valence-electron chi connectivity index (χ3n) is 4.23. The molecule has 1 aromatic heterocycles. The van der Waals surface area contributed by atoms with E-state index in [-0.39, 0.29) is 29.6 Å². The van der Waals surface area contributed by atoms with Crippen molar-refractivity contribution < 1.29 is 22.8 Å². The molecule has 0 radical (unpaired) electrons. The van der Waals surface area contributed by atoms with Crippen LogP contribution in [-0.2, 0) is 15.8 Å². The molecule has 0 spiro atoms. The van der Waals surface area contributed by atoms with Gasteiger partial charge in [0, 0.05) is 12.1 Å². The SMILES string of the molecule is O=C(c1cc(NS(=O)(=O)Cc2ccc(F)cc2)ccn1)N(O)CC1C=CC=CC1. The van der Waals surface area contributed by atoms with Crippen LogP contribution in [0, 0.1) is 11.7 Å². The minimum atomic E-state index is -3.79. The average molecular weight is 417 g/mol. The van der Waals surface area contributed by atoms with Gasteiger partial charge in [-0.1, -0.05) is 36.4 Å². The molecule has 29 heavy (non-hydrogen) atoms. The van der Waals surface area contributed by atoms with Crippen molar-refractivity contribution in [2.24, 2.45) is 5.92 Å². The van der Waals surface area contributed by atoms with Gasteiger partial charge in [0.15, 0.2) is 0 Å². The molecule has 1 unspecified atom stereocenters. The molecule has 9 heteroatoms. The molecule has 0 aliphatic heterocycles. The van der Waals surface area contributed by atoms with E-state index in [0.29, 0.717) is 17.0 Å². The molecule has 1 amide bonds. The van der Waals surface area contributed by atoms with Crippen molar-refractivity contribution in [2.75, 3.05) is 11.3 Å². The maximum absolute atomic E-state index is 13.0. The van der Waals surface area contributed by atoms with Crippen molar-refractivity contribution in [3.63, 3.8) is 0 Å². The largest absolute Gasteiger partial charge is 0.295 e. The normalized spacial score (nSPS) is 15.9. The van der Waals surface area contributed by atoms with Crippen molar-refractivity contribution in [1.82, 2.24) is 10.0 Å². The van der Waals surface area contributed by atoms with Gasteiger partial charge in [-0.05, 0) is 36.2 Å². The van der Waals surface area contributed by atoms with E-state index >= 15 is 0 Å². The Morgan fingerprint density at radius 1 is 1.24 bits per heavy atom. The Bertz CT molecular complexity index is 1040. The van der Waals surface area contributed by atoms with Crippen molar-refractivity contribution in [1.29, 1.82) is 0 Å². The Morgan fingerprint density at radius 3 is 2.69 bits per heavy atom. The molecule has 152 valence electrons. The van der Waals surface area contributed by atoms with Gasteiger partial charge in [-0.15, -0.1) is 0 Å². The number of hydrogen-bond acceptors (Lipinski definition) is 5. The number of nitrogens with one attached hydrogen (secondary N) is 1. The maximum atomic E-state index is 13.0. The first-order valence-electron chi connectivity index (χ1n) is 8.87. The zero-order chi connectivity index (χ0) is 20.9. The van der Waals surface area contributed by atoms with Crippen LogP contribution in [0.5, 0.6) is 0 Å². The number of amides is 1. The number of allylic oxidation sites excluding steroid dienone is 3. The van der Waals surface area contributed by atoms with Gasteiger partial charge < -0.3 is 0 Å². The van der Waals surface area contributed by atoms with E-state index < -0.39 is 21.7 Å². The molecule has 1 atom stereocenters. The number of halogens is 1. The smallest absolute Gasteiger partial charge is 0.286 e. The Hall–Kier alpha value is -3.04. The molecule has 0 fully saturated rings. The van der Waals surface area contributed by atoms with E-state index in [1.165, 1.54) is 42.6 Å². The Kier molecular flexibility index (Phi) is 6.40. The van der Waals surface area contributed by atoms with E-state index in [2.05, 4.69) is 9.71 Å². The number of carbonyl (C=O) groups is 1. The number of hydrogen-bond donors (Lipinski definition) is 2. The van der Waals surface area contributed by atoms with Crippen LogP contribution < -0.4 is 4.72 Å². The molecule has 7 nitrogen and oxygen atoms in total. The topological polar surface area (TPSA) is 99.6 Å². The third-order valence-corrected chi connectivity index (χ3v) is 5.49. The molecule has 1 heterocycles. The standard InChI is InChI=1S/C20H20FN3O4S/c21-17-8-6-16(7-9-17)14-29(27,28)23-18-10-11-22-19(12-18)20(25)24(26)13-15-4-2-1-3-5-15/h1-4,6-12,15,26H,5,13-14H2,(H,22,23). The fourth-order valence-corrected chi connectivity index (χ4v) is 4.02. The van der Waals surface area contributed by atoms with Gasteiger partial charge in [0.25, 0.3) is 5.91 Å². The van der Waals surface area contributed by atoms with Crippen LogP contribution in [0.4, 0.5) is 10.1 Å². The van der Waals surface area contributed by atoms with Crippen molar-refractivity contribution in [2.45, 2.75) is 12.2 Å². The molecular formula is C20H20FN3O4S. The summed E-state index contributed by atoms with van der Waals surface area (Å²) in [5, 5.41) is 10.7. The molecule has 1 aromatic carbocycles. The Labute approximate surface area is 168 Å². The van der Waals surface area contributed by atoms with Crippen LogP contribution in [0.3, 0.4) is 0 Å². The number of hydroxylamine groups is 2. The summed E-state index contributed by atoms with van der Waals surface area (Å²) in [7, 11) is -3.79. The van der Waals surface area contributed by atoms with Crippen molar-refractivity contribution in [3.8, 4) is 0 Å². The van der Waals surface area contributed by atoms with Crippen LogP contribution in [-0.4, -0.2) is 36.1 Å². The number of anilines is 1. The molecule has 2 N–H and O–H groups in total. The highest BCUT2D eigenvalue weighted by atomic mass is 32.2. The number of carbonyl (C=O) groups excluding carboxylic acids is 1. The van der Waals surface area contributed by atoms with Gasteiger partial charge in [-0.3, -0.25) is 19.7 Å². The van der Waals surface area contributed by atoms with Crippen molar-refractivity contribution >= 4 is 21.6 Å². The predicted molar refractivity (Wildman–Crippen MR) is 106 cm³/mol. The average Bonchev–Trinajstić information content (AvgIpc) is 2.69. The minimum absolute atomic E-state index is 0.00801. The zero-order valence-corrected chi connectivity index (χ0v) is 16.2. The van der Waals surface area contributed by atoms with Crippen molar-refractivity contribution in [3.05, 3.63) is 84.0 Å². The monoisotopic (exact) mass is 417 g/mol. The first kappa shape index (κ1) is 20.7. The summed E-state index contributed by atoms with van der Waals surface area (Å²) >= 11 is 0. The second-order valence-electron chi connectivity index (χ2n) is 6.61. The summed E-state index contributed by atoms with van der Waals surface area (Å²) < 4.78 is 40.0. The molecule has 3 rings (SSSR count). The van der Waals surface area contributed by atoms with Gasteiger partial charge in [0.1, 0.15) is 11.5 Å². The second-order valence-corrected chi connectivity index (χ2v) is 8.34. The number of pyridine rings is 1. The quantitative estimate of drug-likeness (QED) is 0.533. The van der Waals surface area contributed by atoms with E-state index in [4.69, 9.17) is 0 Å². The van der Waals surface area contributed by atoms with Gasteiger partial charge in [0.05, 0.1) is 18.0 Å². The minimum Gasteiger partial charge on any atom is -0.286 e. The lowest BCUT2D eigenvalue weighted by molar-refractivity contribution is -0.0643. The lowest BCUT2D eigenvalue weighted by atomic mass is 10.0. The summed E-state index contributed by atoms with van der Waals surface area (Å²) in [6.07, 6.45) is 9.56. The van der Waals surface area contributed by atoms with Gasteiger partial charge in [-0.2, -0.15) is 0 Å². The number of nitrogens with zero attached hydrogens (tertiary/aromatic N) is 2. The Balaban J connectivity index is 1.66. The summed E-state index contributed by atoms with van der Waals surface area (Å²) in [5.74, 6) is -1.55. The highest BCUT2D eigenvalue weighted by Gasteiger charge is 2.20. The molecular weight excluding hydrogens is 397 g/mol. The summed E-state index contributed by atoms with van der Waals surface area (Å²) in [6.45, 7) is 0.0991. The van der Waals surface area contributed by atoms with Gasteiger partial charge in [-0.25, -0.2) is 17.9 Å². The first-order valence-corrected chi connectivity index (χ1v) is 10.5. The van der Waals surface area contributed by atoms with Crippen LogP contribution in [0.1, 0.15) is 22.5 Å². The van der Waals surface area contributed by atoms with Gasteiger partial charge >= 0.3 is 0 Å². The molecule has 0 bridgehead atoms. The number of benzene rings is 1. The van der Waals surface area contributed by atoms with Crippen LogP contribution in [0.25, 0.3) is 0 Å². The number of aromatic nitrogens is 1. The lowest BCUT2D eigenvalue weighted by Gasteiger charge is -2.20. The van der Waals surface area contributed by atoms with Gasteiger partial charge in [0.2, 0.25) is 10.0 Å². The summed E-state index contributed by atoms with van der Waals surface area (Å²) in [5.41, 5.74) is 0.463. The Morgan fingerprint density at radius 2 is 2.00 bits per heavy atom. The number of rotatable bonds is 7. The lowest BCUT2D eigenvalue weighted by Crippen LogP contribution is -2.32.